The summed E-state index contributed by atoms with van der Waals surface area (Å²) in [4.78, 5) is 4.31. The first-order valence-corrected chi connectivity index (χ1v) is 8.49. The van der Waals surface area contributed by atoms with E-state index in [9.17, 15) is 0 Å². The summed E-state index contributed by atoms with van der Waals surface area (Å²) in [7, 11) is 3.51. The second-order valence-electron chi connectivity index (χ2n) is 5.96. The van der Waals surface area contributed by atoms with Crippen molar-refractivity contribution in [2.45, 2.75) is 38.6 Å². The summed E-state index contributed by atoms with van der Waals surface area (Å²) in [6, 6.07) is 8.53. The zero-order valence-corrected chi connectivity index (χ0v) is 14.5. The highest BCUT2D eigenvalue weighted by Crippen LogP contribution is 2.34. The predicted molar refractivity (Wildman–Crippen MR) is 95.4 cm³/mol. The third kappa shape index (κ3) is 6.10. The van der Waals surface area contributed by atoms with Gasteiger partial charge in [0.1, 0.15) is 5.75 Å². The van der Waals surface area contributed by atoms with Gasteiger partial charge < -0.3 is 20.1 Å². The molecule has 2 N–H and O–H groups in total. The van der Waals surface area contributed by atoms with Gasteiger partial charge in [0.2, 0.25) is 0 Å². The smallest absolute Gasteiger partial charge is 0.195 e. The SMILES string of the molecule is CCCC1CC1NC(=NC)Nc1cccc(OCCCOC)c1. The van der Waals surface area contributed by atoms with E-state index in [1.807, 2.05) is 24.3 Å². The van der Waals surface area contributed by atoms with Crippen molar-refractivity contribution in [2.75, 3.05) is 32.7 Å². The van der Waals surface area contributed by atoms with Crippen LogP contribution >= 0.6 is 0 Å². The summed E-state index contributed by atoms with van der Waals surface area (Å²) in [6.45, 7) is 3.61. The third-order valence-corrected chi connectivity index (χ3v) is 3.99. The summed E-state index contributed by atoms with van der Waals surface area (Å²) in [6.07, 6.45) is 4.67. The number of nitrogens with zero attached hydrogens (tertiary/aromatic N) is 1. The van der Waals surface area contributed by atoms with Crippen molar-refractivity contribution in [2.24, 2.45) is 10.9 Å². The highest BCUT2D eigenvalue weighted by Gasteiger charge is 2.36. The number of guanidine groups is 1. The van der Waals surface area contributed by atoms with Crippen molar-refractivity contribution in [3.8, 4) is 5.75 Å². The lowest BCUT2D eigenvalue weighted by Gasteiger charge is -2.13. The monoisotopic (exact) mass is 319 g/mol. The molecule has 0 heterocycles. The fraction of sp³-hybridized carbons (Fsp3) is 0.611. The summed E-state index contributed by atoms with van der Waals surface area (Å²) in [5, 5.41) is 6.82. The molecule has 0 aromatic heterocycles. The van der Waals surface area contributed by atoms with Gasteiger partial charge in [0.15, 0.2) is 5.96 Å². The highest BCUT2D eigenvalue weighted by molar-refractivity contribution is 5.94. The van der Waals surface area contributed by atoms with Crippen LogP contribution in [0, 0.1) is 5.92 Å². The number of anilines is 1. The molecule has 0 bridgehead atoms. The van der Waals surface area contributed by atoms with Gasteiger partial charge in [-0.3, -0.25) is 4.99 Å². The molecule has 2 atom stereocenters. The molecule has 0 saturated heterocycles. The molecule has 5 nitrogen and oxygen atoms in total. The Labute approximate surface area is 139 Å². The molecule has 0 spiro atoms. The van der Waals surface area contributed by atoms with Gasteiger partial charge >= 0.3 is 0 Å². The predicted octanol–water partition coefficient (Wildman–Crippen LogP) is 3.28. The molecule has 2 rings (SSSR count). The quantitative estimate of drug-likeness (QED) is 0.417. The first kappa shape index (κ1) is 17.6. The molecular formula is C18H29N3O2. The Morgan fingerprint density at radius 1 is 1.35 bits per heavy atom. The number of ether oxygens (including phenoxy) is 2. The number of nitrogens with one attached hydrogen (secondary N) is 2. The van der Waals surface area contributed by atoms with E-state index in [2.05, 4.69) is 22.5 Å². The zero-order valence-electron chi connectivity index (χ0n) is 14.5. The van der Waals surface area contributed by atoms with E-state index in [-0.39, 0.29) is 0 Å². The number of hydrogen-bond acceptors (Lipinski definition) is 3. The number of rotatable bonds is 9. The molecule has 1 saturated carbocycles. The average Bonchev–Trinajstić information content (AvgIpc) is 3.29. The van der Waals surface area contributed by atoms with Crippen LogP contribution < -0.4 is 15.4 Å². The van der Waals surface area contributed by atoms with Crippen molar-refractivity contribution in [3.63, 3.8) is 0 Å². The van der Waals surface area contributed by atoms with Gasteiger partial charge in [-0.05, 0) is 30.9 Å². The maximum absolute atomic E-state index is 5.73. The van der Waals surface area contributed by atoms with Gasteiger partial charge in [-0.25, -0.2) is 0 Å². The fourth-order valence-corrected chi connectivity index (χ4v) is 2.64. The van der Waals surface area contributed by atoms with Crippen LogP contribution in [0.3, 0.4) is 0 Å². The van der Waals surface area contributed by atoms with Crippen LogP contribution in [0.4, 0.5) is 5.69 Å². The Balaban J connectivity index is 1.81. The number of aliphatic imine (C=N–C) groups is 1. The minimum Gasteiger partial charge on any atom is -0.493 e. The van der Waals surface area contributed by atoms with E-state index in [0.717, 1.165) is 36.3 Å². The Morgan fingerprint density at radius 2 is 2.22 bits per heavy atom. The lowest BCUT2D eigenvalue weighted by molar-refractivity contribution is 0.172. The van der Waals surface area contributed by atoms with E-state index in [0.29, 0.717) is 12.6 Å². The molecule has 2 unspecified atom stereocenters. The highest BCUT2D eigenvalue weighted by atomic mass is 16.5. The molecule has 1 aromatic rings. The van der Waals surface area contributed by atoms with Gasteiger partial charge in [-0.1, -0.05) is 19.4 Å². The van der Waals surface area contributed by atoms with E-state index >= 15 is 0 Å². The molecule has 128 valence electrons. The summed E-state index contributed by atoms with van der Waals surface area (Å²) < 4.78 is 10.7. The number of methoxy groups -OCH3 is 1. The molecule has 0 amide bonds. The Kier molecular flexibility index (Phi) is 7.20. The van der Waals surface area contributed by atoms with Crippen molar-refractivity contribution in [3.05, 3.63) is 24.3 Å². The Morgan fingerprint density at radius 3 is 2.96 bits per heavy atom. The Hall–Kier alpha value is -1.75. The molecule has 1 aliphatic carbocycles. The summed E-state index contributed by atoms with van der Waals surface area (Å²) >= 11 is 0. The zero-order chi connectivity index (χ0) is 16.5. The lowest BCUT2D eigenvalue weighted by atomic mass is 10.2. The topological polar surface area (TPSA) is 54.9 Å². The summed E-state index contributed by atoms with van der Waals surface area (Å²) in [5.41, 5.74) is 0.982. The number of benzene rings is 1. The van der Waals surface area contributed by atoms with E-state index in [4.69, 9.17) is 9.47 Å². The van der Waals surface area contributed by atoms with Crippen LogP contribution in [0.5, 0.6) is 5.75 Å². The van der Waals surface area contributed by atoms with Crippen LogP contribution in [0.25, 0.3) is 0 Å². The van der Waals surface area contributed by atoms with Crippen LogP contribution in [0.2, 0.25) is 0 Å². The van der Waals surface area contributed by atoms with Crippen LogP contribution in [-0.4, -0.2) is 39.4 Å². The van der Waals surface area contributed by atoms with Crippen molar-refractivity contribution < 1.29 is 9.47 Å². The normalized spacial score (nSPS) is 20.2. The molecular weight excluding hydrogens is 290 g/mol. The van der Waals surface area contributed by atoms with Gasteiger partial charge in [0.25, 0.3) is 0 Å². The van der Waals surface area contributed by atoms with E-state index < -0.39 is 0 Å². The van der Waals surface area contributed by atoms with Gasteiger partial charge in [-0.15, -0.1) is 0 Å². The fourth-order valence-electron chi connectivity index (χ4n) is 2.64. The molecule has 0 radical (unpaired) electrons. The van der Waals surface area contributed by atoms with Crippen molar-refractivity contribution >= 4 is 11.6 Å². The number of hydrogen-bond donors (Lipinski definition) is 2. The maximum atomic E-state index is 5.73. The van der Waals surface area contributed by atoms with Crippen LogP contribution in [-0.2, 0) is 4.74 Å². The van der Waals surface area contributed by atoms with Gasteiger partial charge in [0.05, 0.1) is 6.61 Å². The molecule has 1 aliphatic rings. The average molecular weight is 319 g/mol. The molecule has 1 aromatic carbocycles. The van der Waals surface area contributed by atoms with Gasteiger partial charge in [0, 0.05) is 45.0 Å². The second kappa shape index (κ2) is 9.40. The Bertz CT molecular complexity index is 505. The molecule has 5 heteroatoms. The van der Waals surface area contributed by atoms with Crippen molar-refractivity contribution in [1.82, 2.24) is 5.32 Å². The standard InChI is InChI=1S/C18H29N3O2/c1-4-7-14-12-17(14)21-18(19-2)20-15-8-5-9-16(13-15)23-11-6-10-22-3/h5,8-9,13-14,17H,4,6-7,10-12H2,1-3H3,(H2,19,20,21). The van der Waals surface area contributed by atoms with E-state index in [1.165, 1.54) is 19.3 Å². The maximum Gasteiger partial charge on any atom is 0.195 e. The summed E-state index contributed by atoms with van der Waals surface area (Å²) in [5.74, 6) is 2.48. The van der Waals surface area contributed by atoms with Crippen LogP contribution in [0.1, 0.15) is 32.6 Å². The second-order valence-corrected chi connectivity index (χ2v) is 5.96. The largest absolute Gasteiger partial charge is 0.493 e. The first-order valence-electron chi connectivity index (χ1n) is 8.49. The first-order chi connectivity index (χ1) is 11.3. The minimum atomic E-state index is 0.564. The van der Waals surface area contributed by atoms with E-state index in [1.54, 1.807) is 14.2 Å². The minimum absolute atomic E-state index is 0.564. The molecule has 0 aliphatic heterocycles. The van der Waals surface area contributed by atoms with Crippen molar-refractivity contribution in [1.29, 1.82) is 0 Å². The lowest BCUT2D eigenvalue weighted by Crippen LogP contribution is -2.33. The van der Waals surface area contributed by atoms with Crippen LogP contribution in [0.15, 0.2) is 29.3 Å². The molecule has 23 heavy (non-hydrogen) atoms. The third-order valence-electron chi connectivity index (χ3n) is 3.99. The van der Waals surface area contributed by atoms with Gasteiger partial charge in [-0.2, -0.15) is 0 Å². The molecule has 1 fully saturated rings.